The lowest BCUT2D eigenvalue weighted by molar-refractivity contribution is -0.136. The maximum atomic E-state index is 13.0. The summed E-state index contributed by atoms with van der Waals surface area (Å²) in [5.74, 6) is -2.20. The number of amides is 2. The van der Waals surface area contributed by atoms with Crippen molar-refractivity contribution in [3.05, 3.63) is 64.4 Å². The number of rotatable bonds is 3. The van der Waals surface area contributed by atoms with Crippen LogP contribution in [0.5, 0.6) is 0 Å². The van der Waals surface area contributed by atoms with Crippen LogP contribution in [0.2, 0.25) is 5.02 Å². The molecule has 0 atom stereocenters. The third kappa shape index (κ3) is 4.05. The fraction of sp³-hybridized carbons (Fsp3) is 0.125. The molecule has 0 spiro atoms. The SMILES string of the molecule is Cc1ccccc1CNC(=O)C(=O)Nc1ccc(F)c(Cl)c1. The van der Waals surface area contributed by atoms with Crippen LogP contribution in [0.1, 0.15) is 11.1 Å². The Labute approximate surface area is 132 Å². The zero-order chi connectivity index (χ0) is 16.1. The molecule has 0 fully saturated rings. The minimum atomic E-state index is -0.837. The maximum Gasteiger partial charge on any atom is 0.313 e. The minimum Gasteiger partial charge on any atom is -0.344 e. The van der Waals surface area contributed by atoms with Crippen LogP contribution in [-0.2, 0) is 16.1 Å². The predicted molar refractivity (Wildman–Crippen MR) is 83.1 cm³/mol. The van der Waals surface area contributed by atoms with E-state index in [1.165, 1.54) is 12.1 Å². The maximum absolute atomic E-state index is 13.0. The van der Waals surface area contributed by atoms with Crippen molar-refractivity contribution >= 4 is 29.1 Å². The third-order valence-corrected chi connectivity index (χ3v) is 3.37. The Kier molecular flexibility index (Phi) is 5.12. The van der Waals surface area contributed by atoms with Crippen molar-refractivity contribution in [3.8, 4) is 0 Å². The molecule has 6 heteroatoms. The van der Waals surface area contributed by atoms with Gasteiger partial charge in [-0.05, 0) is 36.2 Å². The zero-order valence-corrected chi connectivity index (χ0v) is 12.6. The van der Waals surface area contributed by atoms with Gasteiger partial charge in [-0.25, -0.2) is 4.39 Å². The van der Waals surface area contributed by atoms with Gasteiger partial charge in [0.1, 0.15) is 5.82 Å². The second kappa shape index (κ2) is 7.04. The van der Waals surface area contributed by atoms with Crippen molar-refractivity contribution in [1.82, 2.24) is 5.32 Å². The zero-order valence-electron chi connectivity index (χ0n) is 11.8. The quantitative estimate of drug-likeness (QED) is 0.854. The number of aryl methyl sites for hydroxylation is 1. The van der Waals surface area contributed by atoms with Crippen molar-refractivity contribution in [3.63, 3.8) is 0 Å². The Balaban J connectivity index is 1.93. The van der Waals surface area contributed by atoms with Crippen LogP contribution < -0.4 is 10.6 Å². The molecule has 0 aliphatic rings. The first-order chi connectivity index (χ1) is 10.5. The molecule has 0 aliphatic heterocycles. The van der Waals surface area contributed by atoms with Gasteiger partial charge in [0.15, 0.2) is 0 Å². The van der Waals surface area contributed by atoms with Gasteiger partial charge in [-0.2, -0.15) is 0 Å². The molecule has 0 aliphatic carbocycles. The first kappa shape index (κ1) is 16.0. The average molecular weight is 321 g/mol. The molecule has 2 rings (SSSR count). The Hall–Kier alpha value is -2.40. The Morgan fingerprint density at radius 2 is 1.86 bits per heavy atom. The fourth-order valence-electron chi connectivity index (χ4n) is 1.83. The van der Waals surface area contributed by atoms with Crippen molar-refractivity contribution in [1.29, 1.82) is 0 Å². The Morgan fingerprint density at radius 1 is 1.14 bits per heavy atom. The lowest BCUT2D eigenvalue weighted by Crippen LogP contribution is -2.35. The molecule has 0 unspecified atom stereocenters. The van der Waals surface area contributed by atoms with E-state index in [1.807, 2.05) is 31.2 Å². The van der Waals surface area contributed by atoms with Crippen LogP contribution in [0.15, 0.2) is 42.5 Å². The number of carbonyl (C=O) groups excluding carboxylic acids is 2. The highest BCUT2D eigenvalue weighted by Gasteiger charge is 2.14. The van der Waals surface area contributed by atoms with Crippen molar-refractivity contribution < 1.29 is 14.0 Å². The van der Waals surface area contributed by atoms with E-state index in [0.717, 1.165) is 17.2 Å². The highest BCUT2D eigenvalue weighted by molar-refractivity contribution is 6.39. The summed E-state index contributed by atoms with van der Waals surface area (Å²) < 4.78 is 13.0. The number of hydrogen-bond donors (Lipinski definition) is 2. The van der Waals surface area contributed by atoms with Gasteiger partial charge < -0.3 is 10.6 Å². The van der Waals surface area contributed by atoms with Gasteiger partial charge in [0.05, 0.1) is 5.02 Å². The summed E-state index contributed by atoms with van der Waals surface area (Å²) in [6, 6.07) is 11.2. The largest absolute Gasteiger partial charge is 0.344 e. The first-order valence-corrected chi connectivity index (χ1v) is 6.94. The number of carbonyl (C=O) groups is 2. The standard InChI is InChI=1S/C16H14ClFN2O2/c1-10-4-2-3-5-11(10)9-19-15(21)16(22)20-12-6-7-14(18)13(17)8-12/h2-8H,9H2,1H3,(H,19,21)(H,20,22). The van der Waals surface area contributed by atoms with Gasteiger partial charge in [-0.1, -0.05) is 35.9 Å². The van der Waals surface area contributed by atoms with Crippen LogP contribution in [0.25, 0.3) is 0 Å². The van der Waals surface area contributed by atoms with Crippen LogP contribution in [0, 0.1) is 12.7 Å². The van der Waals surface area contributed by atoms with E-state index in [4.69, 9.17) is 11.6 Å². The molecule has 114 valence electrons. The van der Waals surface area contributed by atoms with E-state index >= 15 is 0 Å². The first-order valence-electron chi connectivity index (χ1n) is 6.56. The van der Waals surface area contributed by atoms with Crippen LogP contribution in [0.4, 0.5) is 10.1 Å². The summed E-state index contributed by atoms with van der Waals surface area (Å²) in [6.45, 7) is 2.17. The van der Waals surface area contributed by atoms with Crippen molar-refractivity contribution in [2.45, 2.75) is 13.5 Å². The predicted octanol–water partition coefficient (Wildman–Crippen LogP) is 3.04. The Bertz CT molecular complexity index is 719. The molecule has 0 saturated carbocycles. The average Bonchev–Trinajstić information content (AvgIpc) is 2.50. The molecule has 0 saturated heterocycles. The van der Waals surface area contributed by atoms with Crippen LogP contribution >= 0.6 is 11.6 Å². The lowest BCUT2D eigenvalue weighted by Gasteiger charge is -2.08. The molecule has 4 nitrogen and oxygen atoms in total. The topological polar surface area (TPSA) is 58.2 Å². The number of nitrogens with one attached hydrogen (secondary N) is 2. The summed E-state index contributed by atoms with van der Waals surface area (Å²) in [5, 5.41) is 4.76. The van der Waals surface area contributed by atoms with E-state index in [0.29, 0.717) is 0 Å². The molecular weight excluding hydrogens is 307 g/mol. The van der Waals surface area contributed by atoms with Gasteiger partial charge in [0.2, 0.25) is 0 Å². The minimum absolute atomic E-state index is 0.127. The smallest absolute Gasteiger partial charge is 0.313 e. The number of hydrogen-bond acceptors (Lipinski definition) is 2. The molecule has 0 radical (unpaired) electrons. The van der Waals surface area contributed by atoms with Gasteiger partial charge in [-0.15, -0.1) is 0 Å². The summed E-state index contributed by atoms with van der Waals surface area (Å²) >= 11 is 5.61. The molecule has 0 aromatic heterocycles. The molecule has 0 bridgehead atoms. The van der Waals surface area contributed by atoms with Crippen LogP contribution in [-0.4, -0.2) is 11.8 Å². The number of anilines is 1. The molecule has 2 amide bonds. The molecule has 0 heterocycles. The van der Waals surface area contributed by atoms with E-state index in [9.17, 15) is 14.0 Å². The third-order valence-electron chi connectivity index (χ3n) is 3.08. The van der Waals surface area contributed by atoms with Gasteiger partial charge >= 0.3 is 11.8 Å². The highest BCUT2D eigenvalue weighted by Crippen LogP contribution is 2.19. The van der Waals surface area contributed by atoms with E-state index in [1.54, 1.807) is 0 Å². The van der Waals surface area contributed by atoms with Crippen molar-refractivity contribution in [2.24, 2.45) is 0 Å². The normalized spacial score (nSPS) is 10.1. The lowest BCUT2D eigenvalue weighted by atomic mass is 10.1. The summed E-state index contributed by atoms with van der Waals surface area (Å²) in [6.07, 6.45) is 0. The number of benzene rings is 2. The molecule has 2 aromatic rings. The monoisotopic (exact) mass is 320 g/mol. The van der Waals surface area contributed by atoms with Gasteiger partial charge in [0.25, 0.3) is 0 Å². The van der Waals surface area contributed by atoms with Crippen LogP contribution in [0.3, 0.4) is 0 Å². The van der Waals surface area contributed by atoms with E-state index in [2.05, 4.69) is 10.6 Å². The summed E-state index contributed by atoms with van der Waals surface area (Å²) in [7, 11) is 0. The van der Waals surface area contributed by atoms with E-state index < -0.39 is 17.6 Å². The summed E-state index contributed by atoms with van der Waals surface area (Å²) in [5.41, 5.74) is 2.20. The number of halogens is 2. The second-order valence-electron chi connectivity index (χ2n) is 4.69. The molecule has 2 N–H and O–H groups in total. The van der Waals surface area contributed by atoms with E-state index in [-0.39, 0.29) is 17.3 Å². The fourth-order valence-corrected chi connectivity index (χ4v) is 2.01. The van der Waals surface area contributed by atoms with Crippen molar-refractivity contribution in [2.75, 3.05) is 5.32 Å². The molecular formula is C16H14ClFN2O2. The summed E-state index contributed by atoms with van der Waals surface area (Å²) in [4.78, 5) is 23.5. The highest BCUT2D eigenvalue weighted by atomic mass is 35.5. The molecule has 2 aromatic carbocycles. The second-order valence-corrected chi connectivity index (χ2v) is 5.10. The molecule has 22 heavy (non-hydrogen) atoms. The van der Waals surface area contributed by atoms with Gasteiger partial charge in [-0.3, -0.25) is 9.59 Å². The Morgan fingerprint density at radius 3 is 2.55 bits per heavy atom. The van der Waals surface area contributed by atoms with Gasteiger partial charge in [0, 0.05) is 12.2 Å².